The highest BCUT2D eigenvalue weighted by Gasteiger charge is 2.12. The normalized spacial score (nSPS) is 13.2. The molecule has 2 N–H and O–H groups in total. The Balaban J connectivity index is 3.52. The summed E-state index contributed by atoms with van der Waals surface area (Å²) in [7, 11) is 0. The van der Waals surface area contributed by atoms with Crippen molar-refractivity contribution in [3.63, 3.8) is 0 Å². The lowest BCUT2D eigenvalue weighted by Crippen LogP contribution is -2.32. The molecule has 3 nitrogen and oxygen atoms in total. The van der Waals surface area contributed by atoms with Crippen molar-refractivity contribution >= 4 is 5.97 Å². The van der Waals surface area contributed by atoms with Gasteiger partial charge in [0.05, 0.1) is 6.61 Å². The van der Waals surface area contributed by atoms with Crippen molar-refractivity contribution in [1.82, 2.24) is 0 Å². The molecule has 0 unspecified atom stereocenters. The Kier molecular flexibility index (Phi) is 4.86. The third-order valence-corrected chi connectivity index (χ3v) is 1.30. The SMILES string of the molecule is CC[C@@H](N)C(=O)OCC(C)C. The van der Waals surface area contributed by atoms with Crippen molar-refractivity contribution < 1.29 is 9.53 Å². The lowest BCUT2D eigenvalue weighted by molar-refractivity contribution is -0.146. The summed E-state index contributed by atoms with van der Waals surface area (Å²) in [5.41, 5.74) is 5.43. The van der Waals surface area contributed by atoms with E-state index in [1.54, 1.807) is 0 Å². The first kappa shape index (κ1) is 10.4. The third kappa shape index (κ3) is 4.79. The quantitative estimate of drug-likeness (QED) is 0.621. The van der Waals surface area contributed by atoms with Crippen LogP contribution in [0.3, 0.4) is 0 Å². The molecule has 0 radical (unpaired) electrons. The fourth-order valence-corrected chi connectivity index (χ4v) is 0.523. The molecule has 0 aliphatic carbocycles. The van der Waals surface area contributed by atoms with Gasteiger partial charge in [-0.05, 0) is 12.3 Å². The maximum absolute atomic E-state index is 10.9. The Labute approximate surface area is 67.9 Å². The monoisotopic (exact) mass is 159 g/mol. The lowest BCUT2D eigenvalue weighted by Gasteiger charge is -2.10. The molecule has 0 aliphatic heterocycles. The summed E-state index contributed by atoms with van der Waals surface area (Å²) < 4.78 is 4.89. The van der Waals surface area contributed by atoms with Crippen LogP contribution in [0.5, 0.6) is 0 Å². The zero-order valence-electron chi connectivity index (χ0n) is 7.46. The molecule has 0 bridgehead atoms. The van der Waals surface area contributed by atoms with E-state index < -0.39 is 6.04 Å². The summed E-state index contributed by atoms with van der Waals surface area (Å²) in [6, 6.07) is -0.450. The number of hydrogen-bond donors (Lipinski definition) is 1. The number of carbonyl (C=O) groups excluding carboxylic acids is 1. The number of esters is 1. The van der Waals surface area contributed by atoms with Crippen LogP contribution < -0.4 is 5.73 Å². The Bertz CT molecular complexity index is 123. The molecule has 0 spiro atoms. The summed E-state index contributed by atoms with van der Waals surface area (Å²) in [4.78, 5) is 10.9. The molecule has 0 amide bonds. The van der Waals surface area contributed by atoms with Gasteiger partial charge in [-0.2, -0.15) is 0 Å². The van der Waals surface area contributed by atoms with Gasteiger partial charge in [-0.25, -0.2) is 0 Å². The lowest BCUT2D eigenvalue weighted by atomic mass is 10.2. The molecule has 11 heavy (non-hydrogen) atoms. The van der Waals surface area contributed by atoms with E-state index >= 15 is 0 Å². The van der Waals surface area contributed by atoms with Crippen LogP contribution in [0.4, 0.5) is 0 Å². The van der Waals surface area contributed by atoms with Crippen molar-refractivity contribution in [2.75, 3.05) is 6.61 Å². The van der Waals surface area contributed by atoms with Gasteiger partial charge in [0.25, 0.3) is 0 Å². The number of rotatable bonds is 4. The molecular weight excluding hydrogens is 142 g/mol. The predicted molar refractivity (Wildman–Crippen MR) is 44.1 cm³/mol. The van der Waals surface area contributed by atoms with Crippen LogP contribution in [0.2, 0.25) is 0 Å². The Morgan fingerprint density at radius 2 is 2.09 bits per heavy atom. The second-order valence-corrected chi connectivity index (χ2v) is 3.04. The highest BCUT2D eigenvalue weighted by atomic mass is 16.5. The average molecular weight is 159 g/mol. The van der Waals surface area contributed by atoms with Gasteiger partial charge >= 0.3 is 5.97 Å². The first-order valence-electron chi connectivity index (χ1n) is 4.00. The van der Waals surface area contributed by atoms with Gasteiger partial charge in [-0.15, -0.1) is 0 Å². The van der Waals surface area contributed by atoms with Crippen LogP contribution in [-0.4, -0.2) is 18.6 Å². The van der Waals surface area contributed by atoms with Crippen molar-refractivity contribution in [3.05, 3.63) is 0 Å². The molecule has 0 saturated heterocycles. The number of ether oxygens (including phenoxy) is 1. The summed E-state index contributed by atoms with van der Waals surface area (Å²) in [6.45, 7) is 6.31. The van der Waals surface area contributed by atoms with Gasteiger partial charge in [0.15, 0.2) is 0 Å². The number of carbonyl (C=O) groups is 1. The van der Waals surface area contributed by atoms with Crippen LogP contribution in [0.25, 0.3) is 0 Å². The van der Waals surface area contributed by atoms with Gasteiger partial charge in [-0.3, -0.25) is 4.79 Å². The smallest absolute Gasteiger partial charge is 0.322 e. The minimum Gasteiger partial charge on any atom is -0.464 e. The van der Waals surface area contributed by atoms with Crippen LogP contribution in [-0.2, 0) is 9.53 Å². The van der Waals surface area contributed by atoms with E-state index in [-0.39, 0.29) is 5.97 Å². The van der Waals surface area contributed by atoms with E-state index in [0.717, 1.165) is 0 Å². The Hall–Kier alpha value is -0.570. The summed E-state index contributed by atoms with van der Waals surface area (Å²) >= 11 is 0. The fourth-order valence-electron chi connectivity index (χ4n) is 0.523. The molecule has 0 saturated carbocycles. The second-order valence-electron chi connectivity index (χ2n) is 3.04. The van der Waals surface area contributed by atoms with Crippen molar-refractivity contribution in [1.29, 1.82) is 0 Å². The topological polar surface area (TPSA) is 52.3 Å². The van der Waals surface area contributed by atoms with Crippen molar-refractivity contribution in [2.24, 2.45) is 11.7 Å². The van der Waals surface area contributed by atoms with Crippen molar-refractivity contribution in [2.45, 2.75) is 33.2 Å². The van der Waals surface area contributed by atoms with Crippen LogP contribution in [0.1, 0.15) is 27.2 Å². The van der Waals surface area contributed by atoms with E-state index in [0.29, 0.717) is 18.9 Å². The summed E-state index contributed by atoms with van der Waals surface area (Å²) in [6.07, 6.45) is 0.636. The first-order valence-corrected chi connectivity index (χ1v) is 4.00. The highest BCUT2D eigenvalue weighted by Crippen LogP contribution is 1.96. The molecule has 0 aromatic heterocycles. The molecule has 0 aromatic carbocycles. The molecule has 0 rings (SSSR count). The van der Waals surface area contributed by atoms with Gasteiger partial charge in [0.1, 0.15) is 6.04 Å². The highest BCUT2D eigenvalue weighted by molar-refractivity contribution is 5.75. The molecule has 0 heterocycles. The molecule has 0 fully saturated rings. The second kappa shape index (κ2) is 5.13. The van der Waals surface area contributed by atoms with E-state index in [4.69, 9.17) is 10.5 Å². The molecule has 3 heteroatoms. The van der Waals surface area contributed by atoms with Gasteiger partial charge in [0, 0.05) is 0 Å². The zero-order valence-corrected chi connectivity index (χ0v) is 7.46. The summed E-state index contributed by atoms with van der Waals surface area (Å²) in [5.74, 6) is 0.0872. The third-order valence-electron chi connectivity index (χ3n) is 1.30. The summed E-state index contributed by atoms with van der Waals surface area (Å²) in [5, 5.41) is 0. The molecule has 0 aliphatic rings. The minimum atomic E-state index is -0.450. The molecule has 1 atom stereocenters. The number of nitrogens with two attached hydrogens (primary N) is 1. The Morgan fingerprint density at radius 3 is 2.45 bits per heavy atom. The van der Waals surface area contributed by atoms with E-state index in [2.05, 4.69) is 0 Å². The predicted octanol–water partition coefficient (Wildman–Crippen LogP) is 0.923. The zero-order chi connectivity index (χ0) is 8.85. The molecule has 66 valence electrons. The van der Waals surface area contributed by atoms with Crippen molar-refractivity contribution in [3.8, 4) is 0 Å². The largest absolute Gasteiger partial charge is 0.464 e. The van der Waals surface area contributed by atoms with Gasteiger partial charge in [0.2, 0.25) is 0 Å². The minimum absolute atomic E-state index is 0.291. The van der Waals surface area contributed by atoms with Crippen LogP contribution in [0.15, 0.2) is 0 Å². The van der Waals surface area contributed by atoms with Crippen LogP contribution in [0, 0.1) is 5.92 Å². The number of hydrogen-bond acceptors (Lipinski definition) is 3. The van der Waals surface area contributed by atoms with E-state index in [9.17, 15) is 4.79 Å². The van der Waals surface area contributed by atoms with E-state index in [1.807, 2.05) is 20.8 Å². The molecular formula is C8H17NO2. The molecule has 0 aromatic rings. The average Bonchev–Trinajstić information content (AvgIpc) is 1.98. The first-order chi connectivity index (χ1) is 5.07. The maximum atomic E-state index is 10.9. The Morgan fingerprint density at radius 1 is 1.55 bits per heavy atom. The van der Waals surface area contributed by atoms with Gasteiger partial charge < -0.3 is 10.5 Å². The maximum Gasteiger partial charge on any atom is 0.322 e. The van der Waals surface area contributed by atoms with Crippen LogP contribution >= 0.6 is 0 Å². The standard InChI is InChI=1S/C8H17NO2/c1-4-7(9)8(10)11-5-6(2)3/h6-7H,4-5,9H2,1-3H3/t7-/m1/s1. The van der Waals surface area contributed by atoms with Gasteiger partial charge in [-0.1, -0.05) is 20.8 Å². The van der Waals surface area contributed by atoms with E-state index in [1.165, 1.54) is 0 Å². The fraction of sp³-hybridized carbons (Fsp3) is 0.875.